The molecule has 0 aliphatic heterocycles. The Kier molecular flexibility index (Phi) is 3.39. The molecule has 5 heteroatoms. The number of hydrogen-bond acceptors (Lipinski definition) is 4. The Morgan fingerprint density at radius 3 is 2.71 bits per heavy atom. The number of ether oxygens (including phenoxy) is 1. The Labute approximate surface area is 122 Å². The molecule has 3 aromatic rings. The van der Waals surface area contributed by atoms with E-state index in [4.69, 9.17) is 4.74 Å². The first-order valence-corrected chi connectivity index (χ1v) is 6.64. The lowest BCUT2D eigenvalue weighted by molar-refractivity contribution is 0.0600. The second-order valence-corrected chi connectivity index (χ2v) is 4.78. The molecule has 0 spiro atoms. The lowest BCUT2D eigenvalue weighted by Crippen LogP contribution is -2.04. The second-order valence-electron chi connectivity index (χ2n) is 4.78. The molecule has 0 radical (unpaired) electrons. The highest BCUT2D eigenvalue weighted by atomic mass is 16.5. The van der Waals surface area contributed by atoms with Gasteiger partial charge < -0.3 is 9.30 Å². The van der Waals surface area contributed by atoms with E-state index in [2.05, 4.69) is 14.5 Å². The molecular weight excluding hydrogens is 266 g/mol. The van der Waals surface area contributed by atoms with Crippen molar-refractivity contribution in [2.24, 2.45) is 0 Å². The van der Waals surface area contributed by atoms with Crippen molar-refractivity contribution in [3.8, 4) is 0 Å². The maximum absolute atomic E-state index is 11.4. The molecule has 0 saturated heterocycles. The molecule has 21 heavy (non-hydrogen) atoms. The fraction of sp³-hybridized carbons (Fsp3) is 0.188. The van der Waals surface area contributed by atoms with Crippen LogP contribution in [0.5, 0.6) is 0 Å². The maximum atomic E-state index is 11.4. The summed E-state index contributed by atoms with van der Waals surface area (Å²) in [5.41, 5.74) is 3.38. The van der Waals surface area contributed by atoms with Crippen LogP contribution in [0.25, 0.3) is 11.2 Å². The lowest BCUT2D eigenvalue weighted by atomic mass is 10.1. The minimum atomic E-state index is -0.326. The van der Waals surface area contributed by atoms with Crippen molar-refractivity contribution in [2.75, 3.05) is 7.11 Å². The molecule has 1 aromatic carbocycles. The summed E-state index contributed by atoms with van der Waals surface area (Å²) in [5, 5.41) is 0. The second kappa shape index (κ2) is 5.36. The third kappa shape index (κ3) is 2.50. The molecule has 3 rings (SSSR count). The molecule has 5 nitrogen and oxygen atoms in total. The summed E-state index contributed by atoms with van der Waals surface area (Å²) in [5.74, 6) is 0.591. The summed E-state index contributed by atoms with van der Waals surface area (Å²) in [4.78, 5) is 20.3. The third-order valence-corrected chi connectivity index (χ3v) is 3.41. The van der Waals surface area contributed by atoms with Crippen LogP contribution in [0, 0.1) is 6.92 Å². The topological polar surface area (TPSA) is 57.0 Å². The van der Waals surface area contributed by atoms with Crippen LogP contribution in [0.3, 0.4) is 0 Å². The summed E-state index contributed by atoms with van der Waals surface area (Å²) in [6.45, 7) is 2.63. The number of hydrogen-bond donors (Lipinski definition) is 0. The molecule has 0 N–H and O–H groups in total. The molecule has 2 aromatic heterocycles. The zero-order valence-corrected chi connectivity index (χ0v) is 11.9. The Morgan fingerprint density at radius 2 is 2.00 bits per heavy atom. The number of carbonyl (C=O) groups is 1. The van der Waals surface area contributed by atoms with Crippen LogP contribution in [0.15, 0.2) is 42.6 Å². The smallest absolute Gasteiger partial charge is 0.337 e. The summed E-state index contributed by atoms with van der Waals surface area (Å²) < 4.78 is 6.75. The monoisotopic (exact) mass is 281 g/mol. The van der Waals surface area contributed by atoms with Gasteiger partial charge in [-0.2, -0.15) is 0 Å². The van der Waals surface area contributed by atoms with Crippen molar-refractivity contribution in [3.05, 3.63) is 59.5 Å². The van der Waals surface area contributed by atoms with Crippen LogP contribution in [0.4, 0.5) is 0 Å². The third-order valence-electron chi connectivity index (χ3n) is 3.41. The van der Waals surface area contributed by atoms with Gasteiger partial charge in [0.1, 0.15) is 11.3 Å². The molecular formula is C16H15N3O2. The van der Waals surface area contributed by atoms with E-state index in [-0.39, 0.29) is 5.97 Å². The number of fused-ring (bicyclic) bond motifs is 1. The number of rotatable bonds is 3. The average molecular weight is 281 g/mol. The van der Waals surface area contributed by atoms with Gasteiger partial charge in [0.05, 0.1) is 19.2 Å². The number of benzene rings is 1. The minimum Gasteiger partial charge on any atom is -0.465 e. The number of nitrogens with zero attached hydrogens (tertiary/aromatic N) is 3. The van der Waals surface area contributed by atoms with Gasteiger partial charge in [0, 0.05) is 6.20 Å². The molecule has 0 bridgehead atoms. The summed E-state index contributed by atoms with van der Waals surface area (Å²) >= 11 is 0. The highest BCUT2D eigenvalue weighted by Crippen LogP contribution is 2.15. The quantitative estimate of drug-likeness (QED) is 0.692. The SMILES string of the molecule is COC(=O)c1ccc(Cn2c(C)nc3cccnc32)cc1. The van der Waals surface area contributed by atoms with Crippen molar-refractivity contribution < 1.29 is 9.53 Å². The average Bonchev–Trinajstić information content (AvgIpc) is 2.83. The van der Waals surface area contributed by atoms with E-state index in [1.165, 1.54) is 7.11 Å². The molecule has 0 atom stereocenters. The van der Waals surface area contributed by atoms with E-state index in [0.717, 1.165) is 22.6 Å². The van der Waals surface area contributed by atoms with Gasteiger partial charge in [-0.05, 0) is 36.8 Å². The summed E-state index contributed by atoms with van der Waals surface area (Å²) in [6.07, 6.45) is 1.76. The van der Waals surface area contributed by atoms with Gasteiger partial charge in [-0.3, -0.25) is 0 Å². The van der Waals surface area contributed by atoms with Crippen molar-refractivity contribution >= 4 is 17.1 Å². The molecule has 0 unspecified atom stereocenters. The normalized spacial score (nSPS) is 10.8. The Bertz CT molecular complexity index is 791. The van der Waals surface area contributed by atoms with Gasteiger partial charge in [-0.15, -0.1) is 0 Å². The van der Waals surface area contributed by atoms with Crippen LogP contribution < -0.4 is 0 Å². The van der Waals surface area contributed by atoms with Crippen LogP contribution in [-0.2, 0) is 11.3 Å². The maximum Gasteiger partial charge on any atom is 0.337 e. The van der Waals surface area contributed by atoms with Crippen LogP contribution >= 0.6 is 0 Å². The molecule has 2 heterocycles. The highest BCUT2D eigenvalue weighted by molar-refractivity contribution is 5.89. The highest BCUT2D eigenvalue weighted by Gasteiger charge is 2.09. The van der Waals surface area contributed by atoms with Gasteiger partial charge in [0.25, 0.3) is 0 Å². The number of imidazole rings is 1. The van der Waals surface area contributed by atoms with Crippen molar-refractivity contribution in [3.63, 3.8) is 0 Å². The zero-order chi connectivity index (χ0) is 14.8. The molecule has 0 fully saturated rings. The van der Waals surface area contributed by atoms with Gasteiger partial charge in [0.15, 0.2) is 5.65 Å². The zero-order valence-electron chi connectivity index (χ0n) is 11.9. The first-order chi connectivity index (χ1) is 10.2. The predicted octanol–water partition coefficient (Wildman–Crippen LogP) is 2.57. The molecule has 0 amide bonds. The molecule has 0 saturated carbocycles. The first kappa shape index (κ1) is 13.3. The number of esters is 1. The Morgan fingerprint density at radius 1 is 1.24 bits per heavy atom. The predicted molar refractivity (Wildman–Crippen MR) is 79.1 cm³/mol. The van der Waals surface area contributed by atoms with E-state index in [9.17, 15) is 4.79 Å². The van der Waals surface area contributed by atoms with Gasteiger partial charge >= 0.3 is 5.97 Å². The van der Waals surface area contributed by atoms with E-state index in [1.54, 1.807) is 18.3 Å². The van der Waals surface area contributed by atoms with Crippen molar-refractivity contribution in [1.82, 2.24) is 14.5 Å². The fourth-order valence-corrected chi connectivity index (χ4v) is 2.31. The number of aromatic nitrogens is 3. The fourth-order valence-electron chi connectivity index (χ4n) is 2.31. The standard InChI is InChI=1S/C16H15N3O2/c1-11-18-14-4-3-9-17-15(14)19(11)10-12-5-7-13(8-6-12)16(20)21-2/h3-9H,10H2,1-2H3. The Balaban J connectivity index is 1.92. The minimum absolute atomic E-state index is 0.326. The van der Waals surface area contributed by atoms with Gasteiger partial charge in [-0.25, -0.2) is 14.8 Å². The summed E-state index contributed by atoms with van der Waals surface area (Å²) in [6, 6.07) is 11.2. The van der Waals surface area contributed by atoms with E-state index < -0.39 is 0 Å². The largest absolute Gasteiger partial charge is 0.465 e. The van der Waals surface area contributed by atoms with Gasteiger partial charge in [-0.1, -0.05) is 12.1 Å². The van der Waals surface area contributed by atoms with Crippen molar-refractivity contribution in [2.45, 2.75) is 13.5 Å². The van der Waals surface area contributed by atoms with E-state index in [0.29, 0.717) is 12.1 Å². The van der Waals surface area contributed by atoms with Crippen molar-refractivity contribution in [1.29, 1.82) is 0 Å². The van der Waals surface area contributed by atoms with E-state index >= 15 is 0 Å². The molecule has 106 valence electrons. The number of aryl methyl sites for hydroxylation is 1. The number of pyridine rings is 1. The van der Waals surface area contributed by atoms with Crippen LogP contribution in [0.2, 0.25) is 0 Å². The Hall–Kier alpha value is -2.69. The van der Waals surface area contributed by atoms with Crippen LogP contribution in [0.1, 0.15) is 21.7 Å². The number of carbonyl (C=O) groups excluding carboxylic acids is 1. The van der Waals surface area contributed by atoms with E-state index in [1.807, 2.05) is 31.2 Å². The molecule has 0 aliphatic rings. The lowest BCUT2D eigenvalue weighted by Gasteiger charge is -2.07. The van der Waals surface area contributed by atoms with Gasteiger partial charge in [0.2, 0.25) is 0 Å². The van der Waals surface area contributed by atoms with Crippen LogP contribution in [-0.4, -0.2) is 27.6 Å². The molecule has 0 aliphatic carbocycles. The number of methoxy groups -OCH3 is 1. The first-order valence-electron chi connectivity index (χ1n) is 6.64. The summed E-state index contributed by atoms with van der Waals surface area (Å²) in [7, 11) is 1.38.